The summed E-state index contributed by atoms with van der Waals surface area (Å²) in [4.78, 5) is 23.3. The maximum Gasteiger partial charge on any atom is 0.260 e. The largest absolute Gasteiger partial charge is 0.364 e. The highest BCUT2D eigenvalue weighted by Crippen LogP contribution is 2.38. The summed E-state index contributed by atoms with van der Waals surface area (Å²) < 4.78 is 31.5. The summed E-state index contributed by atoms with van der Waals surface area (Å²) in [5, 5.41) is 11.1. The molecule has 1 atom stereocenters. The Morgan fingerprint density at radius 3 is 2.75 bits per heavy atom. The number of anilines is 2. The number of aromatic nitrogens is 6. The highest BCUT2D eigenvalue weighted by Gasteiger charge is 2.29. The van der Waals surface area contributed by atoms with Crippen molar-refractivity contribution in [1.82, 2.24) is 29.4 Å². The number of rotatable bonds is 5. The highest BCUT2D eigenvalue weighted by atomic mass is 19.1. The summed E-state index contributed by atoms with van der Waals surface area (Å²) in [6.45, 7) is 0.689. The lowest BCUT2D eigenvalue weighted by Crippen LogP contribution is -2.23. The molecule has 5 heterocycles. The van der Waals surface area contributed by atoms with E-state index in [2.05, 4.69) is 25.5 Å². The maximum atomic E-state index is 14.5. The number of pyridine rings is 2. The van der Waals surface area contributed by atoms with Crippen molar-refractivity contribution in [1.29, 1.82) is 0 Å². The van der Waals surface area contributed by atoms with Crippen molar-refractivity contribution in [3.8, 4) is 5.69 Å². The number of halogens is 2. The van der Waals surface area contributed by atoms with Crippen LogP contribution < -0.4 is 10.2 Å². The van der Waals surface area contributed by atoms with Crippen molar-refractivity contribution in [2.24, 2.45) is 0 Å². The molecule has 1 aliphatic rings. The van der Waals surface area contributed by atoms with Crippen molar-refractivity contribution in [2.45, 2.75) is 18.9 Å². The normalized spacial score (nSPS) is 15.5. The second-order valence-corrected chi connectivity index (χ2v) is 8.49. The predicted octanol–water partition coefficient (Wildman–Crippen LogP) is 4.18. The van der Waals surface area contributed by atoms with E-state index in [0.29, 0.717) is 41.1 Å². The van der Waals surface area contributed by atoms with Gasteiger partial charge >= 0.3 is 0 Å². The van der Waals surface area contributed by atoms with E-state index in [9.17, 15) is 13.6 Å². The van der Waals surface area contributed by atoms with Crippen LogP contribution in [-0.4, -0.2) is 41.8 Å². The molecule has 6 rings (SSSR count). The Morgan fingerprint density at radius 2 is 1.94 bits per heavy atom. The van der Waals surface area contributed by atoms with E-state index in [1.807, 2.05) is 17.0 Å². The minimum Gasteiger partial charge on any atom is -0.364 e. The summed E-state index contributed by atoms with van der Waals surface area (Å²) >= 11 is 0. The van der Waals surface area contributed by atoms with Crippen LogP contribution in [0.4, 0.5) is 20.3 Å². The van der Waals surface area contributed by atoms with E-state index in [-0.39, 0.29) is 11.9 Å². The predicted molar refractivity (Wildman–Crippen MR) is 128 cm³/mol. The molecule has 180 valence electrons. The van der Waals surface area contributed by atoms with Gasteiger partial charge in [0, 0.05) is 24.0 Å². The molecule has 5 aromatic rings. The van der Waals surface area contributed by atoms with Gasteiger partial charge in [0.2, 0.25) is 0 Å². The van der Waals surface area contributed by atoms with Crippen LogP contribution in [0.1, 0.15) is 34.8 Å². The number of hydrogen-bond donors (Lipinski definition) is 1. The minimum atomic E-state index is -0.466. The second kappa shape index (κ2) is 8.84. The molecule has 36 heavy (non-hydrogen) atoms. The van der Waals surface area contributed by atoms with Crippen LogP contribution in [0.3, 0.4) is 0 Å². The van der Waals surface area contributed by atoms with E-state index >= 15 is 0 Å². The van der Waals surface area contributed by atoms with Gasteiger partial charge in [-0.2, -0.15) is 10.2 Å². The van der Waals surface area contributed by atoms with Gasteiger partial charge in [0.25, 0.3) is 5.91 Å². The third-order valence-corrected chi connectivity index (χ3v) is 6.32. The van der Waals surface area contributed by atoms with Crippen molar-refractivity contribution < 1.29 is 13.6 Å². The zero-order valence-corrected chi connectivity index (χ0v) is 18.9. The Morgan fingerprint density at radius 1 is 1.03 bits per heavy atom. The topological polar surface area (TPSA) is 93.2 Å². The van der Waals surface area contributed by atoms with Gasteiger partial charge in [0.1, 0.15) is 30.1 Å². The van der Waals surface area contributed by atoms with Gasteiger partial charge < -0.3 is 10.2 Å². The molecule has 1 aliphatic heterocycles. The molecule has 1 aromatic carbocycles. The van der Waals surface area contributed by atoms with Gasteiger partial charge in [-0.25, -0.2) is 27.9 Å². The fourth-order valence-corrected chi connectivity index (χ4v) is 4.61. The molecular formula is C25H20F2N8O. The number of fused-ring (bicyclic) bond motifs is 1. The van der Waals surface area contributed by atoms with E-state index in [4.69, 9.17) is 0 Å². The van der Waals surface area contributed by atoms with Gasteiger partial charge in [0.05, 0.1) is 35.2 Å². The molecule has 9 nitrogen and oxygen atoms in total. The van der Waals surface area contributed by atoms with E-state index in [0.717, 1.165) is 24.2 Å². The maximum absolute atomic E-state index is 14.5. The molecule has 0 saturated carbocycles. The zero-order valence-electron chi connectivity index (χ0n) is 18.9. The van der Waals surface area contributed by atoms with Crippen LogP contribution in [0, 0.1) is 11.6 Å². The minimum absolute atomic E-state index is 0.295. The third-order valence-electron chi connectivity index (χ3n) is 6.32. The molecule has 0 unspecified atom stereocenters. The fraction of sp³-hybridized carbons (Fsp3) is 0.160. The smallest absolute Gasteiger partial charge is 0.260 e. The number of hydrogen-bond acceptors (Lipinski definition) is 6. The van der Waals surface area contributed by atoms with E-state index in [1.54, 1.807) is 40.1 Å². The Labute approximate surface area is 204 Å². The SMILES string of the molecule is O=C(Nc1ccc(-n2cncn2)cn1)c1cnn2ccc(N3CCC[C@@H]3c3cc(F)ccc3F)cc12. The number of carbonyl (C=O) groups is 1. The van der Waals surface area contributed by atoms with Crippen LogP contribution in [0.5, 0.6) is 0 Å². The molecule has 0 bridgehead atoms. The monoisotopic (exact) mass is 486 g/mol. The van der Waals surface area contributed by atoms with Gasteiger partial charge in [-0.1, -0.05) is 0 Å². The summed E-state index contributed by atoms with van der Waals surface area (Å²) in [5.74, 6) is -0.884. The number of benzene rings is 1. The Hall–Kier alpha value is -4.67. The van der Waals surface area contributed by atoms with Gasteiger partial charge in [0.15, 0.2) is 0 Å². The van der Waals surface area contributed by atoms with Crippen molar-refractivity contribution in [2.75, 3.05) is 16.8 Å². The van der Waals surface area contributed by atoms with Gasteiger partial charge in [-0.05, 0) is 55.3 Å². The molecule has 0 radical (unpaired) electrons. The van der Waals surface area contributed by atoms with Crippen molar-refractivity contribution >= 4 is 22.9 Å². The van der Waals surface area contributed by atoms with E-state index in [1.165, 1.54) is 18.6 Å². The first kappa shape index (κ1) is 21.8. The van der Waals surface area contributed by atoms with Crippen molar-refractivity contribution in [3.05, 3.63) is 96.5 Å². The number of nitrogens with one attached hydrogen (secondary N) is 1. The average molecular weight is 486 g/mol. The molecule has 4 aromatic heterocycles. The highest BCUT2D eigenvalue weighted by molar-refractivity contribution is 6.08. The van der Waals surface area contributed by atoms with Crippen molar-refractivity contribution in [3.63, 3.8) is 0 Å². The number of carbonyl (C=O) groups excluding carboxylic acids is 1. The second-order valence-electron chi connectivity index (χ2n) is 8.49. The first-order valence-electron chi connectivity index (χ1n) is 11.4. The number of nitrogens with zero attached hydrogens (tertiary/aromatic N) is 7. The van der Waals surface area contributed by atoms with E-state index < -0.39 is 11.6 Å². The Bertz CT molecular complexity index is 1550. The molecule has 0 aliphatic carbocycles. The van der Waals surface area contributed by atoms with Crippen LogP contribution in [0.2, 0.25) is 0 Å². The summed E-state index contributed by atoms with van der Waals surface area (Å²) in [6, 6.07) is 10.4. The summed E-state index contributed by atoms with van der Waals surface area (Å²) in [7, 11) is 0. The van der Waals surface area contributed by atoms with Crippen LogP contribution in [0.25, 0.3) is 11.2 Å². The van der Waals surface area contributed by atoms with Crippen LogP contribution in [0.15, 0.2) is 73.7 Å². The summed E-state index contributed by atoms with van der Waals surface area (Å²) in [6.07, 6.45) is 9.35. The fourth-order valence-electron chi connectivity index (χ4n) is 4.61. The first-order valence-corrected chi connectivity index (χ1v) is 11.4. The van der Waals surface area contributed by atoms with Crippen LogP contribution >= 0.6 is 0 Å². The Balaban J connectivity index is 1.27. The molecule has 1 N–H and O–H groups in total. The summed E-state index contributed by atoms with van der Waals surface area (Å²) in [5.41, 5.74) is 2.81. The molecule has 1 fully saturated rings. The standard InChI is InChI=1S/C25H20F2N8O/c26-16-3-5-21(27)19(10-16)22-2-1-8-33(22)17-7-9-34-23(11-17)20(13-30-34)25(36)32-24-6-4-18(12-29-24)35-15-28-14-31-35/h3-7,9-15,22H,1-2,8H2,(H,29,32,36)/t22-/m1/s1. The zero-order chi connectivity index (χ0) is 24.6. The third kappa shape index (κ3) is 3.94. The lowest BCUT2D eigenvalue weighted by atomic mass is 10.0. The van der Waals surface area contributed by atoms with Crippen LogP contribution in [-0.2, 0) is 0 Å². The quantitative estimate of drug-likeness (QED) is 0.401. The molecule has 11 heteroatoms. The van der Waals surface area contributed by atoms with Gasteiger partial charge in [-0.15, -0.1) is 0 Å². The Kier molecular flexibility index (Phi) is 5.36. The molecule has 1 amide bonds. The molecular weight excluding hydrogens is 466 g/mol. The lowest BCUT2D eigenvalue weighted by Gasteiger charge is -2.27. The molecule has 1 saturated heterocycles. The molecule has 0 spiro atoms. The lowest BCUT2D eigenvalue weighted by molar-refractivity contribution is 0.102. The first-order chi connectivity index (χ1) is 17.6. The number of amides is 1. The average Bonchev–Trinajstić information content (AvgIpc) is 3.66. The van der Waals surface area contributed by atoms with Gasteiger partial charge in [-0.3, -0.25) is 4.79 Å².